The SMILES string of the molecule is O=C(Cc1cncc(Br)c1)C(C(F)(F)F)C(F)(F)F. The molecule has 0 saturated carbocycles. The largest absolute Gasteiger partial charge is 0.407 e. The maximum atomic E-state index is 12.3. The fourth-order valence-electron chi connectivity index (χ4n) is 1.41. The van der Waals surface area contributed by atoms with Gasteiger partial charge in [-0.2, -0.15) is 26.3 Å². The van der Waals surface area contributed by atoms with Gasteiger partial charge in [0.15, 0.2) is 5.78 Å². The van der Waals surface area contributed by atoms with Gasteiger partial charge in [0.05, 0.1) is 0 Å². The molecule has 9 heteroatoms. The fraction of sp³-hybridized carbons (Fsp3) is 0.400. The van der Waals surface area contributed by atoms with Gasteiger partial charge in [-0.15, -0.1) is 0 Å². The molecule has 106 valence electrons. The van der Waals surface area contributed by atoms with E-state index in [1.54, 1.807) is 0 Å². The van der Waals surface area contributed by atoms with Crippen molar-refractivity contribution in [1.82, 2.24) is 4.98 Å². The molecule has 0 aliphatic rings. The van der Waals surface area contributed by atoms with E-state index in [0.717, 1.165) is 6.20 Å². The monoisotopic (exact) mass is 349 g/mol. The summed E-state index contributed by atoms with van der Waals surface area (Å²) in [5.74, 6) is -5.93. The van der Waals surface area contributed by atoms with Crippen molar-refractivity contribution in [3.05, 3.63) is 28.5 Å². The van der Waals surface area contributed by atoms with Gasteiger partial charge in [-0.05, 0) is 27.6 Å². The number of rotatable bonds is 3. The van der Waals surface area contributed by atoms with Crippen LogP contribution in [-0.2, 0) is 11.2 Å². The van der Waals surface area contributed by atoms with Crippen molar-refractivity contribution < 1.29 is 31.1 Å². The molecule has 0 bridgehead atoms. The van der Waals surface area contributed by atoms with E-state index in [4.69, 9.17) is 0 Å². The summed E-state index contributed by atoms with van der Waals surface area (Å²) in [6.07, 6.45) is -9.98. The van der Waals surface area contributed by atoms with Crippen molar-refractivity contribution in [2.75, 3.05) is 0 Å². The molecule has 0 aliphatic heterocycles. The Morgan fingerprint density at radius 2 is 1.68 bits per heavy atom. The Morgan fingerprint density at radius 3 is 2.11 bits per heavy atom. The van der Waals surface area contributed by atoms with E-state index in [2.05, 4.69) is 20.9 Å². The molecule has 0 saturated heterocycles. The van der Waals surface area contributed by atoms with Crippen LogP contribution in [0, 0.1) is 5.92 Å². The molecule has 0 unspecified atom stereocenters. The maximum Gasteiger partial charge on any atom is 0.407 e. The highest BCUT2D eigenvalue weighted by Crippen LogP contribution is 2.40. The van der Waals surface area contributed by atoms with Gasteiger partial charge >= 0.3 is 12.4 Å². The minimum Gasteiger partial charge on any atom is -0.298 e. The lowest BCUT2D eigenvalue weighted by Crippen LogP contribution is -2.43. The first-order valence-electron chi connectivity index (χ1n) is 4.77. The van der Waals surface area contributed by atoms with E-state index in [9.17, 15) is 31.1 Å². The van der Waals surface area contributed by atoms with Crippen LogP contribution in [0.15, 0.2) is 22.9 Å². The zero-order chi connectivity index (χ0) is 14.8. The van der Waals surface area contributed by atoms with Crippen molar-refractivity contribution in [3.63, 3.8) is 0 Å². The van der Waals surface area contributed by atoms with Crippen molar-refractivity contribution in [1.29, 1.82) is 0 Å². The van der Waals surface area contributed by atoms with E-state index < -0.39 is 30.5 Å². The van der Waals surface area contributed by atoms with Gasteiger partial charge in [-0.1, -0.05) is 0 Å². The molecule has 19 heavy (non-hydrogen) atoms. The first kappa shape index (κ1) is 15.9. The average Bonchev–Trinajstić information content (AvgIpc) is 2.11. The summed E-state index contributed by atoms with van der Waals surface area (Å²) in [6, 6.07) is 1.23. The molecule has 0 spiro atoms. The fourth-order valence-corrected chi connectivity index (χ4v) is 1.82. The minimum atomic E-state index is -5.66. The van der Waals surface area contributed by atoms with E-state index in [0.29, 0.717) is 4.47 Å². The molecule has 0 N–H and O–H groups in total. The highest BCUT2D eigenvalue weighted by Gasteiger charge is 2.60. The first-order chi connectivity index (χ1) is 8.51. The van der Waals surface area contributed by atoms with Crippen LogP contribution in [0.3, 0.4) is 0 Å². The number of alkyl halides is 6. The molecule has 0 amide bonds. The van der Waals surface area contributed by atoms with E-state index in [-0.39, 0.29) is 5.56 Å². The lowest BCUT2D eigenvalue weighted by Gasteiger charge is -2.21. The van der Waals surface area contributed by atoms with E-state index in [1.807, 2.05) is 0 Å². The summed E-state index contributed by atoms with van der Waals surface area (Å²) in [5, 5.41) is 0. The van der Waals surface area contributed by atoms with Crippen LogP contribution in [-0.4, -0.2) is 23.1 Å². The molecule has 0 fully saturated rings. The number of nitrogens with zero attached hydrogens (tertiary/aromatic N) is 1. The van der Waals surface area contributed by atoms with Gasteiger partial charge < -0.3 is 0 Å². The smallest absolute Gasteiger partial charge is 0.298 e. The van der Waals surface area contributed by atoms with Crippen molar-refractivity contribution in [3.8, 4) is 0 Å². The molecule has 0 atom stereocenters. The van der Waals surface area contributed by atoms with Gasteiger partial charge in [0.2, 0.25) is 5.92 Å². The number of Topliss-reactive ketones (excluding diaryl/α,β-unsaturated/α-hetero) is 1. The number of ketones is 1. The summed E-state index contributed by atoms with van der Waals surface area (Å²) >= 11 is 2.95. The molecule has 0 radical (unpaired) electrons. The topological polar surface area (TPSA) is 30.0 Å². The second-order valence-electron chi connectivity index (χ2n) is 3.67. The Bertz CT molecular complexity index is 456. The molecule has 2 nitrogen and oxygen atoms in total. The van der Waals surface area contributed by atoms with Crippen LogP contribution in [0.5, 0.6) is 0 Å². The second kappa shape index (κ2) is 5.48. The Balaban J connectivity index is 2.97. The third kappa shape index (κ3) is 4.48. The summed E-state index contributed by atoms with van der Waals surface area (Å²) in [4.78, 5) is 14.8. The molecule has 1 aromatic heterocycles. The Labute approximate surface area is 111 Å². The van der Waals surface area contributed by atoms with Crippen LogP contribution in [0.4, 0.5) is 26.3 Å². The lowest BCUT2D eigenvalue weighted by molar-refractivity contribution is -0.273. The molecule has 1 rings (SSSR count). The Morgan fingerprint density at radius 1 is 1.16 bits per heavy atom. The van der Waals surface area contributed by atoms with Gasteiger partial charge in [0.25, 0.3) is 0 Å². The van der Waals surface area contributed by atoms with Crippen molar-refractivity contribution in [2.24, 2.45) is 5.92 Å². The van der Waals surface area contributed by atoms with Crippen LogP contribution in [0.2, 0.25) is 0 Å². The van der Waals surface area contributed by atoms with Gasteiger partial charge in [0, 0.05) is 23.3 Å². The summed E-state index contributed by atoms with van der Waals surface area (Å²) < 4.78 is 74.1. The molecule has 1 heterocycles. The Kier molecular flexibility index (Phi) is 4.59. The van der Waals surface area contributed by atoms with Crippen LogP contribution in [0.25, 0.3) is 0 Å². The standard InChI is InChI=1S/C10H6BrF6NO/c11-6-1-5(3-18-4-6)2-7(19)8(9(12,13)14)10(15,16)17/h1,3-4,8H,2H2. The Hall–Kier alpha value is -1.12. The zero-order valence-corrected chi connectivity index (χ0v) is 10.6. The van der Waals surface area contributed by atoms with Crippen LogP contribution < -0.4 is 0 Å². The summed E-state index contributed by atoms with van der Waals surface area (Å²) in [6.45, 7) is 0. The number of carbonyl (C=O) groups is 1. The van der Waals surface area contributed by atoms with Crippen molar-refractivity contribution in [2.45, 2.75) is 18.8 Å². The highest BCUT2D eigenvalue weighted by molar-refractivity contribution is 9.10. The first-order valence-corrected chi connectivity index (χ1v) is 5.56. The number of hydrogen-bond donors (Lipinski definition) is 0. The predicted octanol–water partition coefficient (Wildman–Crippen LogP) is 3.70. The lowest BCUT2D eigenvalue weighted by atomic mass is 9.97. The number of halogens is 7. The molecule has 1 aromatic rings. The van der Waals surface area contributed by atoms with Gasteiger partial charge in [0.1, 0.15) is 0 Å². The number of pyridine rings is 1. The van der Waals surface area contributed by atoms with Crippen molar-refractivity contribution >= 4 is 21.7 Å². The maximum absolute atomic E-state index is 12.3. The number of carbonyl (C=O) groups excluding carboxylic acids is 1. The third-order valence-electron chi connectivity index (χ3n) is 2.12. The minimum absolute atomic E-state index is 0.0297. The van der Waals surface area contributed by atoms with Gasteiger partial charge in [-0.25, -0.2) is 0 Å². The molecule has 0 aliphatic carbocycles. The quantitative estimate of drug-likeness (QED) is 0.779. The highest BCUT2D eigenvalue weighted by atomic mass is 79.9. The summed E-state index contributed by atoms with van der Waals surface area (Å²) in [7, 11) is 0. The molecule has 0 aromatic carbocycles. The van der Waals surface area contributed by atoms with E-state index in [1.165, 1.54) is 12.3 Å². The molecular weight excluding hydrogens is 344 g/mol. The summed E-state index contributed by atoms with van der Waals surface area (Å²) in [5.41, 5.74) is -0.0297. The van der Waals surface area contributed by atoms with Gasteiger partial charge in [-0.3, -0.25) is 9.78 Å². The van der Waals surface area contributed by atoms with Crippen LogP contribution in [0.1, 0.15) is 5.56 Å². The van der Waals surface area contributed by atoms with E-state index >= 15 is 0 Å². The van der Waals surface area contributed by atoms with Crippen LogP contribution >= 0.6 is 15.9 Å². The number of hydrogen-bond acceptors (Lipinski definition) is 2. The zero-order valence-electron chi connectivity index (χ0n) is 9.02. The second-order valence-corrected chi connectivity index (χ2v) is 4.59. The third-order valence-corrected chi connectivity index (χ3v) is 2.55. The predicted molar refractivity (Wildman–Crippen MR) is 56.2 cm³/mol. The number of aromatic nitrogens is 1. The normalized spacial score (nSPS) is 12.8. The average molecular weight is 350 g/mol. The molecular formula is C10H6BrF6NO.